The van der Waals surface area contributed by atoms with Crippen LogP contribution in [0.1, 0.15) is 43.5 Å². The SMILES string of the molecule is CCNC(=NCCCC(=O)OCC)NCCc1ncc(CC)s1.I. The Morgan fingerprint density at radius 1 is 1.33 bits per heavy atom. The van der Waals surface area contributed by atoms with Crippen LogP contribution in [-0.4, -0.2) is 43.2 Å². The maximum absolute atomic E-state index is 11.3. The molecule has 24 heavy (non-hydrogen) atoms. The number of carbonyl (C=O) groups is 1. The number of hydrogen-bond donors (Lipinski definition) is 2. The van der Waals surface area contributed by atoms with Crippen molar-refractivity contribution in [2.24, 2.45) is 4.99 Å². The first-order valence-corrected chi connectivity index (χ1v) is 9.12. The van der Waals surface area contributed by atoms with Crippen LogP contribution in [0.5, 0.6) is 0 Å². The number of rotatable bonds is 10. The minimum atomic E-state index is -0.156. The van der Waals surface area contributed by atoms with E-state index in [0.717, 1.165) is 36.9 Å². The highest BCUT2D eigenvalue weighted by molar-refractivity contribution is 14.0. The largest absolute Gasteiger partial charge is 0.466 e. The summed E-state index contributed by atoms with van der Waals surface area (Å²) in [6.45, 7) is 8.62. The Labute approximate surface area is 165 Å². The van der Waals surface area contributed by atoms with E-state index in [1.807, 2.05) is 20.0 Å². The molecule has 1 aromatic rings. The highest BCUT2D eigenvalue weighted by Gasteiger charge is 2.03. The number of carbonyl (C=O) groups excluding carboxylic acids is 1. The second kappa shape index (κ2) is 14.4. The number of nitrogens with zero attached hydrogens (tertiary/aromatic N) is 2. The lowest BCUT2D eigenvalue weighted by Crippen LogP contribution is -2.38. The zero-order valence-electron chi connectivity index (χ0n) is 14.8. The van der Waals surface area contributed by atoms with Crippen molar-refractivity contribution in [2.75, 3.05) is 26.2 Å². The average molecular weight is 468 g/mol. The molecule has 0 fully saturated rings. The molecule has 0 saturated carbocycles. The third-order valence-electron chi connectivity index (χ3n) is 3.04. The van der Waals surface area contributed by atoms with Gasteiger partial charge in [0.25, 0.3) is 0 Å². The van der Waals surface area contributed by atoms with Crippen LogP contribution in [0, 0.1) is 0 Å². The van der Waals surface area contributed by atoms with Crippen LogP contribution in [0.2, 0.25) is 0 Å². The number of hydrogen-bond acceptors (Lipinski definition) is 5. The number of nitrogens with one attached hydrogen (secondary N) is 2. The van der Waals surface area contributed by atoms with Crippen molar-refractivity contribution in [1.29, 1.82) is 0 Å². The molecule has 0 aliphatic carbocycles. The minimum Gasteiger partial charge on any atom is -0.466 e. The van der Waals surface area contributed by atoms with Crippen LogP contribution < -0.4 is 10.6 Å². The summed E-state index contributed by atoms with van der Waals surface area (Å²) in [5, 5.41) is 7.65. The second-order valence-corrected chi connectivity index (χ2v) is 6.12. The average Bonchev–Trinajstić information content (AvgIpc) is 2.99. The Bertz CT molecular complexity index is 494. The fourth-order valence-electron chi connectivity index (χ4n) is 1.90. The summed E-state index contributed by atoms with van der Waals surface area (Å²) in [6, 6.07) is 0. The molecule has 0 aliphatic rings. The van der Waals surface area contributed by atoms with E-state index in [0.29, 0.717) is 26.0 Å². The summed E-state index contributed by atoms with van der Waals surface area (Å²) in [5.74, 6) is 0.625. The number of ether oxygens (including phenoxy) is 1. The van der Waals surface area contributed by atoms with Gasteiger partial charge in [-0.05, 0) is 26.7 Å². The van der Waals surface area contributed by atoms with Gasteiger partial charge in [0, 0.05) is 43.5 Å². The molecule has 0 aliphatic heterocycles. The molecule has 0 amide bonds. The van der Waals surface area contributed by atoms with E-state index in [2.05, 4.69) is 27.5 Å². The quantitative estimate of drug-likeness (QED) is 0.182. The molecule has 0 unspecified atom stereocenters. The van der Waals surface area contributed by atoms with E-state index in [9.17, 15) is 4.79 Å². The van der Waals surface area contributed by atoms with Crippen LogP contribution in [0.15, 0.2) is 11.2 Å². The Morgan fingerprint density at radius 2 is 2.12 bits per heavy atom. The molecule has 1 heterocycles. The zero-order valence-corrected chi connectivity index (χ0v) is 17.9. The molecule has 0 bridgehead atoms. The monoisotopic (exact) mass is 468 g/mol. The topological polar surface area (TPSA) is 75.6 Å². The van der Waals surface area contributed by atoms with E-state index < -0.39 is 0 Å². The minimum absolute atomic E-state index is 0. The predicted molar refractivity (Wildman–Crippen MR) is 110 cm³/mol. The van der Waals surface area contributed by atoms with Gasteiger partial charge in [0.2, 0.25) is 0 Å². The van der Waals surface area contributed by atoms with E-state index >= 15 is 0 Å². The molecule has 0 atom stereocenters. The van der Waals surface area contributed by atoms with Crippen LogP contribution in [-0.2, 0) is 22.4 Å². The van der Waals surface area contributed by atoms with Crippen molar-refractivity contribution in [3.8, 4) is 0 Å². The van der Waals surface area contributed by atoms with Crippen LogP contribution in [0.3, 0.4) is 0 Å². The van der Waals surface area contributed by atoms with E-state index in [4.69, 9.17) is 4.74 Å². The van der Waals surface area contributed by atoms with Gasteiger partial charge in [-0.15, -0.1) is 35.3 Å². The van der Waals surface area contributed by atoms with Gasteiger partial charge >= 0.3 is 5.97 Å². The van der Waals surface area contributed by atoms with Crippen molar-refractivity contribution in [1.82, 2.24) is 15.6 Å². The third-order valence-corrected chi connectivity index (χ3v) is 4.24. The van der Waals surface area contributed by atoms with Crippen molar-refractivity contribution in [3.63, 3.8) is 0 Å². The van der Waals surface area contributed by atoms with Crippen LogP contribution >= 0.6 is 35.3 Å². The Morgan fingerprint density at radius 3 is 2.75 bits per heavy atom. The van der Waals surface area contributed by atoms with Crippen LogP contribution in [0.25, 0.3) is 0 Å². The third kappa shape index (κ3) is 10.1. The van der Waals surface area contributed by atoms with Crippen molar-refractivity contribution in [3.05, 3.63) is 16.1 Å². The predicted octanol–water partition coefficient (Wildman–Crippen LogP) is 2.76. The number of thiazole rings is 1. The molecule has 1 aromatic heterocycles. The van der Waals surface area contributed by atoms with Gasteiger partial charge in [-0.2, -0.15) is 0 Å². The van der Waals surface area contributed by atoms with E-state index in [-0.39, 0.29) is 29.9 Å². The molecule has 1 rings (SSSR count). The molecule has 0 saturated heterocycles. The molecule has 138 valence electrons. The smallest absolute Gasteiger partial charge is 0.305 e. The normalized spacial score (nSPS) is 10.9. The zero-order chi connectivity index (χ0) is 16.9. The molecule has 2 N–H and O–H groups in total. The highest BCUT2D eigenvalue weighted by atomic mass is 127. The second-order valence-electron chi connectivity index (χ2n) is 4.92. The fourth-order valence-corrected chi connectivity index (χ4v) is 2.77. The summed E-state index contributed by atoms with van der Waals surface area (Å²) >= 11 is 1.76. The number of aromatic nitrogens is 1. The molecular formula is C16H29IN4O2S. The van der Waals surface area contributed by atoms with Crippen molar-refractivity contribution >= 4 is 47.2 Å². The summed E-state index contributed by atoms with van der Waals surface area (Å²) in [5.41, 5.74) is 0. The lowest BCUT2D eigenvalue weighted by molar-refractivity contribution is -0.143. The lowest BCUT2D eigenvalue weighted by atomic mass is 10.3. The Balaban J connectivity index is 0.00000529. The molecule has 6 nitrogen and oxygen atoms in total. The first kappa shape index (κ1) is 23.1. The standard InChI is InChI=1S/C16H28N4O2S.HI/c1-4-13-12-20-14(23-13)9-11-19-16(17-5-2)18-10-7-8-15(21)22-6-3;/h12H,4-11H2,1-3H3,(H2,17,18,19);1H. The first-order chi connectivity index (χ1) is 11.2. The number of aryl methyl sites for hydroxylation is 1. The van der Waals surface area contributed by atoms with Gasteiger partial charge < -0.3 is 15.4 Å². The number of guanidine groups is 1. The molecule has 8 heteroatoms. The number of halogens is 1. The highest BCUT2D eigenvalue weighted by Crippen LogP contribution is 2.13. The summed E-state index contributed by atoms with van der Waals surface area (Å²) in [6.07, 6.45) is 4.99. The Kier molecular flexibility index (Phi) is 13.9. The number of aliphatic imine (C=N–C) groups is 1. The van der Waals surface area contributed by atoms with Gasteiger partial charge in [-0.25, -0.2) is 4.98 Å². The first-order valence-electron chi connectivity index (χ1n) is 8.30. The van der Waals surface area contributed by atoms with Crippen LogP contribution in [0.4, 0.5) is 0 Å². The van der Waals surface area contributed by atoms with E-state index in [1.165, 1.54) is 4.88 Å². The summed E-state index contributed by atoms with van der Waals surface area (Å²) < 4.78 is 4.90. The maximum Gasteiger partial charge on any atom is 0.305 e. The molecule has 0 radical (unpaired) electrons. The van der Waals surface area contributed by atoms with Gasteiger partial charge in [0.05, 0.1) is 11.6 Å². The summed E-state index contributed by atoms with van der Waals surface area (Å²) in [4.78, 5) is 21.5. The van der Waals surface area contributed by atoms with Gasteiger partial charge in [-0.1, -0.05) is 6.92 Å². The van der Waals surface area contributed by atoms with E-state index in [1.54, 1.807) is 11.3 Å². The molecule has 0 spiro atoms. The molecular weight excluding hydrogens is 439 g/mol. The van der Waals surface area contributed by atoms with Crippen molar-refractivity contribution in [2.45, 2.75) is 46.5 Å². The number of esters is 1. The molecule has 0 aromatic carbocycles. The van der Waals surface area contributed by atoms with Gasteiger partial charge in [-0.3, -0.25) is 9.79 Å². The fraction of sp³-hybridized carbons (Fsp3) is 0.688. The lowest BCUT2D eigenvalue weighted by Gasteiger charge is -2.10. The van der Waals surface area contributed by atoms with Gasteiger partial charge in [0.15, 0.2) is 5.96 Å². The van der Waals surface area contributed by atoms with Gasteiger partial charge in [0.1, 0.15) is 0 Å². The maximum atomic E-state index is 11.3. The van der Waals surface area contributed by atoms with Crippen molar-refractivity contribution < 1.29 is 9.53 Å². The Hall–Kier alpha value is -0.900. The summed E-state index contributed by atoms with van der Waals surface area (Å²) in [7, 11) is 0.